The molecule has 0 amide bonds. The van der Waals surface area contributed by atoms with Crippen LogP contribution in [0.25, 0.3) is 5.65 Å². The van der Waals surface area contributed by atoms with Crippen molar-refractivity contribution in [1.29, 1.82) is 0 Å². The van der Waals surface area contributed by atoms with Crippen molar-refractivity contribution in [2.24, 2.45) is 5.92 Å². The van der Waals surface area contributed by atoms with Crippen LogP contribution >= 0.6 is 0 Å². The summed E-state index contributed by atoms with van der Waals surface area (Å²) in [6.45, 7) is 8.60. The Hall–Kier alpha value is -2.77. The molecule has 29 heavy (non-hydrogen) atoms. The smallest absolute Gasteiger partial charge is 0.187 e. The van der Waals surface area contributed by atoms with Crippen molar-refractivity contribution in [2.45, 2.75) is 40.0 Å². The number of rotatable bonds is 5. The highest BCUT2D eigenvalue weighted by Gasteiger charge is 2.24. The van der Waals surface area contributed by atoms with E-state index in [-0.39, 0.29) is 5.82 Å². The SMILES string of the molecule is CCc1ncnc(N(C)CC2CCN(c3cc(C)nc4cc(C)nn34)CC2)c1F. The van der Waals surface area contributed by atoms with Crippen LogP contribution in [0, 0.1) is 25.6 Å². The van der Waals surface area contributed by atoms with Crippen molar-refractivity contribution < 1.29 is 4.39 Å². The molecule has 1 saturated heterocycles. The number of piperidine rings is 1. The van der Waals surface area contributed by atoms with E-state index in [2.05, 4.69) is 31.0 Å². The van der Waals surface area contributed by atoms with Crippen LogP contribution in [0.1, 0.15) is 36.8 Å². The maximum atomic E-state index is 14.6. The van der Waals surface area contributed by atoms with Crippen molar-refractivity contribution in [2.75, 3.05) is 36.5 Å². The largest absolute Gasteiger partial charge is 0.357 e. The van der Waals surface area contributed by atoms with Gasteiger partial charge in [-0.25, -0.2) is 19.3 Å². The lowest BCUT2D eigenvalue weighted by molar-refractivity contribution is 0.403. The van der Waals surface area contributed by atoms with Crippen molar-refractivity contribution in [3.8, 4) is 0 Å². The van der Waals surface area contributed by atoms with Crippen LogP contribution in [0.4, 0.5) is 16.0 Å². The summed E-state index contributed by atoms with van der Waals surface area (Å²) in [5.41, 5.74) is 3.34. The molecule has 7 nitrogen and oxygen atoms in total. The molecule has 3 aromatic rings. The predicted octanol–water partition coefficient (Wildman–Crippen LogP) is 3.19. The Labute approximate surface area is 170 Å². The van der Waals surface area contributed by atoms with Gasteiger partial charge in [0.2, 0.25) is 0 Å². The van der Waals surface area contributed by atoms with Crippen molar-refractivity contribution >= 4 is 17.3 Å². The first kappa shape index (κ1) is 19.5. The van der Waals surface area contributed by atoms with Gasteiger partial charge in [0.1, 0.15) is 12.1 Å². The fourth-order valence-corrected chi connectivity index (χ4v) is 4.15. The molecule has 1 fully saturated rings. The monoisotopic (exact) mass is 397 g/mol. The van der Waals surface area contributed by atoms with E-state index in [4.69, 9.17) is 0 Å². The lowest BCUT2D eigenvalue weighted by atomic mass is 9.96. The van der Waals surface area contributed by atoms with Crippen LogP contribution in [0.5, 0.6) is 0 Å². The molecular formula is C21H28FN7. The van der Waals surface area contributed by atoms with Crippen LogP contribution in [0.3, 0.4) is 0 Å². The Bertz CT molecular complexity index is 1010. The molecule has 4 heterocycles. The summed E-state index contributed by atoms with van der Waals surface area (Å²) < 4.78 is 16.5. The lowest BCUT2D eigenvalue weighted by Gasteiger charge is -2.35. The van der Waals surface area contributed by atoms with Gasteiger partial charge < -0.3 is 9.80 Å². The van der Waals surface area contributed by atoms with Gasteiger partial charge in [0.05, 0.1) is 11.4 Å². The molecule has 0 atom stereocenters. The van der Waals surface area contributed by atoms with Crippen LogP contribution < -0.4 is 9.80 Å². The Balaban J connectivity index is 1.44. The Morgan fingerprint density at radius 3 is 2.62 bits per heavy atom. The quantitative estimate of drug-likeness (QED) is 0.659. The highest BCUT2D eigenvalue weighted by atomic mass is 19.1. The maximum Gasteiger partial charge on any atom is 0.187 e. The minimum atomic E-state index is -0.293. The minimum Gasteiger partial charge on any atom is -0.357 e. The molecule has 4 rings (SSSR count). The van der Waals surface area contributed by atoms with Gasteiger partial charge >= 0.3 is 0 Å². The number of fused-ring (bicyclic) bond motifs is 1. The molecule has 154 valence electrons. The van der Waals surface area contributed by atoms with Crippen LogP contribution in [0.15, 0.2) is 18.5 Å². The predicted molar refractivity (Wildman–Crippen MR) is 112 cm³/mol. The highest BCUT2D eigenvalue weighted by Crippen LogP contribution is 2.26. The van der Waals surface area contributed by atoms with Gasteiger partial charge in [0.15, 0.2) is 17.3 Å². The van der Waals surface area contributed by atoms with Crippen molar-refractivity contribution in [3.05, 3.63) is 41.4 Å². The van der Waals surface area contributed by atoms with Gasteiger partial charge in [-0.15, -0.1) is 0 Å². The van der Waals surface area contributed by atoms with E-state index in [0.29, 0.717) is 23.9 Å². The molecule has 0 aromatic carbocycles. The number of anilines is 2. The third kappa shape index (κ3) is 3.88. The van der Waals surface area contributed by atoms with E-state index >= 15 is 0 Å². The molecule has 0 radical (unpaired) electrons. The summed E-state index contributed by atoms with van der Waals surface area (Å²) in [5, 5.41) is 4.61. The zero-order valence-corrected chi connectivity index (χ0v) is 17.6. The molecule has 8 heteroatoms. The average Bonchev–Trinajstić information content (AvgIpc) is 3.08. The van der Waals surface area contributed by atoms with Crippen LogP contribution in [0.2, 0.25) is 0 Å². The third-order valence-corrected chi connectivity index (χ3v) is 5.67. The summed E-state index contributed by atoms with van der Waals surface area (Å²) in [5.74, 6) is 1.70. The average molecular weight is 398 g/mol. The second kappa shape index (κ2) is 7.93. The summed E-state index contributed by atoms with van der Waals surface area (Å²) >= 11 is 0. The third-order valence-electron chi connectivity index (χ3n) is 5.67. The Morgan fingerprint density at radius 2 is 1.90 bits per heavy atom. The summed E-state index contributed by atoms with van der Waals surface area (Å²) in [7, 11) is 1.92. The zero-order valence-electron chi connectivity index (χ0n) is 17.6. The molecule has 0 saturated carbocycles. The first-order valence-corrected chi connectivity index (χ1v) is 10.3. The number of hydrogen-bond acceptors (Lipinski definition) is 6. The van der Waals surface area contributed by atoms with Gasteiger partial charge in [-0.1, -0.05) is 6.92 Å². The normalized spacial score (nSPS) is 15.3. The van der Waals surface area contributed by atoms with Crippen LogP contribution in [-0.4, -0.2) is 51.2 Å². The zero-order chi connectivity index (χ0) is 20.5. The summed E-state index contributed by atoms with van der Waals surface area (Å²) in [6, 6.07) is 4.12. The first-order chi connectivity index (χ1) is 14.0. The van der Waals surface area contributed by atoms with E-state index in [1.165, 1.54) is 6.33 Å². The second-order valence-corrected chi connectivity index (χ2v) is 7.93. The molecular weight excluding hydrogens is 369 g/mol. The lowest BCUT2D eigenvalue weighted by Crippen LogP contribution is -2.39. The number of aromatic nitrogens is 5. The summed E-state index contributed by atoms with van der Waals surface area (Å²) in [4.78, 5) is 17.1. The molecule has 0 spiro atoms. The fraction of sp³-hybridized carbons (Fsp3) is 0.524. The Morgan fingerprint density at radius 1 is 1.14 bits per heavy atom. The minimum absolute atomic E-state index is 0.293. The molecule has 1 aliphatic heterocycles. The highest BCUT2D eigenvalue weighted by molar-refractivity contribution is 5.52. The number of hydrogen-bond donors (Lipinski definition) is 0. The van der Waals surface area contributed by atoms with E-state index in [9.17, 15) is 4.39 Å². The van der Waals surface area contributed by atoms with Gasteiger partial charge in [0, 0.05) is 44.5 Å². The number of halogens is 1. The molecule has 0 N–H and O–H groups in total. The van der Waals surface area contributed by atoms with Crippen molar-refractivity contribution in [1.82, 2.24) is 24.6 Å². The van der Waals surface area contributed by atoms with Gasteiger partial charge in [0.25, 0.3) is 0 Å². The van der Waals surface area contributed by atoms with Gasteiger partial charge in [-0.2, -0.15) is 9.61 Å². The topological polar surface area (TPSA) is 62.5 Å². The molecule has 0 unspecified atom stereocenters. The van der Waals surface area contributed by atoms with Gasteiger partial charge in [-0.05, 0) is 39.0 Å². The number of aryl methyl sites for hydroxylation is 3. The number of nitrogens with zero attached hydrogens (tertiary/aromatic N) is 7. The van der Waals surface area contributed by atoms with Gasteiger partial charge in [-0.3, -0.25) is 0 Å². The maximum absolute atomic E-state index is 14.6. The fourth-order valence-electron chi connectivity index (χ4n) is 4.15. The van der Waals surface area contributed by atoms with E-state index in [0.717, 1.165) is 55.3 Å². The standard InChI is InChI=1S/C21H28FN7/c1-5-17-20(22)21(24-13-23-17)27(4)12-16-6-8-28(9-7-16)19-11-14(2)25-18-10-15(3)26-29(18)19/h10-11,13,16H,5-9,12H2,1-4H3. The van der Waals surface area contributed by atoms with Crippen molar-refractivity contribution in [3.63, 3.8) is 0 Å². The first-order valence-electron chi connectivity index (χ1n) is 10.3. The van der Waals surface area contributed by atoms with E-state index in [1.807, 2.05) is 43.3 Å². The molecule has 0 aliphatic carbocycles. The van der Waals surface area contributed by atoms with Crippen LogP contribution in [-0.2, 0) is 6.42 Å². The Kier molecular flexibility index (Phi) is 5.34. The molecule has 3 aromatic heterocycles. The summed E-state index contributed by atoms with van der Waals surface area (Å²) in [6.07, 6.45) is 4.11. The van der Waals surface area contributed by atoms with E-state index < -0.39 is 0 Å². The molecule has 0 bridgehead atoms. The van der Waals surface area contributed by atoms with E-state index in [1.54, 1.807) is 0 Å². The second-order valence-electron chi connectivity index (χ2n) is 7.93. The molecule has 1 aliphatic rings.